The van der Waals surface area contributed by atoms with Crippen LogP contribution < -0.4 is 15.5 Å². The van der Waals surface area contributed by atoms with Crippen LogP contribution in [0.15, 0.2) is 75.8 Å². The van der Waals surface area contributed by atoms with E-state index in [0.29, 0.717) is 23.3 Å². The Morgan fingerprint density at radius 3 is 2.39 bits per heavy atom. The van der Waals surface area contributed by atoms with Gasteiger partial charge in [0, 0.05) is 31.5 Å². The maximum absolute atomic E-state index is 12.2. The van der Waals surface area contributed by atoms with Crippen LogP contribution in [0.1, 0.15) is 29.0 Å². The molecule has 0 atom stereocenters. The lowest BCUT2D eigenvalue weighted by molar-refractivity contribution is -0.120. The summed E-state index contributed by atoms with van der Waals surface area (Å²) in [6, 6.07) is 20.7. The number of rotatable bonds is 10. The highest BCUT2D eigenvalue weighted by atomic mass is 79.9. The van der Waals surface area contributed by atoms with E-state index in [9.17, 15) is 9.59 Å². The van der Waals surface area contributed by atoms with Crippen molar-refractivity contribution in [2.45, 2.75) is 19.3 Å². The molecule has 0 aliphatic carbocycles. The van der Waals surface area contributed by atoms with Gasteiger partial charge in [0.2, 0.25) is 5.91 Å². The summed E-state index contributed by atoms with van der Waals surface area (Å²) >= 11 is 3.17. The van der Waals surface area contributed by atoms with Crippen LogP contribution in [-0.2, 0) is 11.2 Å². The fraction of sp³-hybridized carbons (Fsp3) is 0.250. The van der Waals surface area contributed by atoms with Gasteiger partial charge in [0.1, 0.15) is 0 Å². The van der Waals surface area contributed by atoms with Gasteiger partial charge in [-0.15, -0.1) is 0 Å². The van der Waals surface area contributed by atoms with Gasteiger partial charge in [-0.2, -0.15) is 0 Å². The van der Waals surface area contributed by atoms with Gasteiger partial charge in [-0.05, 0) is 70.7 Å². The Kier molecular flexibility index (Phi) is 8.29. The molecule has 2 aromatic carbocycles. The van der Waals surface area contributed by atoms with Gasteiger partial charge in [-0.25, -0.2) is 0 Å². The fourth-order valence-corrected chi connectivity index (χ4v) is 3.40. The molecule has 3 aromatic rings. The molecule has 6 nitrogen and oxygen atoms in total. The summed E-state index contributed by atoms with van der Waals surface area (Å²) in [6.07, 6.45) is 2.24. The van der Waals surface area contributed by atoms with E-state index in [2.05, 4.69) is 50.6 Å². The van der Waals surface area contributed by atoms with Crippen LogP contribution in [-0.4, -0.2) is 32.0 Å². The minimum atomic E-state index is -0.325. The predicted molar refractivity (Wildman–Crippen MR) is 126 cm³/mol. The van der Waals surface area contributed by atoms with Gasteiger partial charge in [0.05, 0.1) is 6.42 Å². The maximum atomic E-state index is 12.2. The fourth-order valence-electron chi connectivity index (χ4n) is 3.10. The van der Waals surface area contributed by atoms with Crippen molar-refractivity contribution in [3.63, 3.8) is 0 Å². The Bertz CT molecular complexity index is 987. The normalized spacial score (nSPS) is 10.5. The van der Waals surface area contributed by atoms with Crippen LogP contribution >= 0.6 is 15.9 Å². The van der Waals surface area contributed by atoms with Gasteiger partial charge in [-0.1, -0.05) is 30.3 Å². The summed E-state index contributed by atoms with van der Waals surface area (Å²) in [5, 5.41) is 5.73. The van der Waals surface area contributed by atoms with Crippen molar-refractivity contribution >= 4 is 39.1 Å². The van der Waals surface area contributed by atoms with E-state index in [1.165, 1.54) is 5.69 Å². The number of nitrogens with one attached hydrogen (secondary N) is 2. The Balaban J connectivity index is 1.34. The van der Waals surface area contributed by atoms with Crippen LogP contribution in [0.25, 0.3) is 0 Å². The van der Waals surface area contributed by atoms with Gasteiger partial charge in [-0.3, -0.25) is 9.59 Å². The molecule has 0 bridgehead atoms. The lowest BCUT2D eigenvalue weighted by Crippen LogP contribution is -2.27. The van der Waals surface area contributed by atoms with E-state index in [0.717, 1.165) is 24.9 Å². The molecule has 0 saturated heterocycles. The molecule has 0 fully saturated rings. The smallest absolute Gasteiger partial charge is 0.291 e. The first-order valence-electron chi connectivity index (χ1n) is 10.2. The second-order valence-electron chi connectivity index (χ2n) is 7.25. The number of amides is 2. The number of carbonyl (C=O) groups excluding carboxylic acids is 2. The SMILES string of the molecule is CN(CCCCNC(=O)Cc1ccc(NC(=O)c2ccc(Br)o2)cc1)c1ccccc1. The molecule has 0 saturated carbocycles. The van der Waals surface area contributed by atoms with E-state index >= 15 is 0 Å². The topological polar surface area (TPSA) is 74.6 Å². The second kappa shape index (κ2) is 11.4. The third kappa shape index (κ3) is 7.29. The number of nitrogens with zero attached hydrogens (tertiary/aromatic N) is 1. The van der Waals surface area contributed by atoms with Crippen molar-refractivity contribution in [2.75, 3.05) is 30.4 Å². The van der Waals surface area contributed by atoms with E-state index in [-0.39, 0.29) is 17.6 Å². The number of carbonyl (C=O) groups is 2. The van der Waals surface area contributed by atoms with Crippen molar-refractivity contribution in [1.29, 1.82) is 0 Å². The third-order valence-corrected chi connectivity index (χ3v) is 5.24. The summed E-state index contributed by atoms with van der Waals surface area (Å²) in [7, 11) is 2.08. The Morgan fingerprint density at radius 1 is 0.968 bits per heavy atom. The molecule has 0 spiro atoms. The summed E-state index contributed by atoms with van der Waals surface area (Å²) in [6.45, 7) is 1.61. The molecule has 2 N–H and O–H groups in total. The van der Waals surface area contributed by atoms with Crippen molar-refractivity contribution in [3.8, 4) is 0 Å². The molecule has 2 amide bonds. The molecule has 0 radical (unpaired) electrons. The van der Waals surface area contributed by atoms with Crippen LogP contribution in [0.2, 0.25) is 0 Å². The van der Waals surface area contributed by atoms with Crippen LogP contribution in [0.5, 0.6) is 0 Å². The van der Waals surface area contributed by atoms with Gasteiger partial charge < -0.3 is 20.0 Å². The van der Waals surface area contributed by atoms with Crippen LogP contribution in [0.3, 0.4) is 0 Å². The largest absolute Gasteiger partial charge is 0.444 e. The minimum Gasteiger partial charge on any atom is -0.444 e. The standard InChI is InChI=1S/C24H26BrN3O3/c1-28(20-7-3-2-4-8-20)16-6-5-15-26-23(29)17-18-9-11-19(12-10-18)27-24(30)21-13-14-22(25)31-21/h2-4,7-14H,5-6,15-17H2,1H3,(H,26,29)(H,27,30). The lowest BCUT2D eigenvalue weighted by atomic mass is 10.1. The molecule has 1 heterocycles. The zero-order valence-corrected chi connectivity index (χ0v) is 19.0. The Labute approximate surface area is 190 Å². The molecule has 3 rings (SSSR count). The maximum Gasteiger partial charge on any atom is 0.291 e. The molecule has 0 aliphatic rings. The summed E-state index contributed by atoms with van der Waals surface area (Å²) in [5.74, 6) is -0.104. The molecule has 1 aromatic heterocycles. The third-order valence-electron chi connectivity index (χ3n) is 4.81. The van der Waals surface area contributed by atoms with Crippen molar-refractivity contribution in [1.82, 2.24) is 5.32 Å². The average Bonchev–Trinajstić information content (AvgIpc) is 3.22. The van der Waals surface area contributed by atoms with Crippen molar-refractivity contribution < 1.29 is 14.0 Å². The average molecular weight is 484 g/mol. The van der Waals surface area contributed by atoms with Gasteiger partial charge in [0.15, 0.2) is 10.4 Å². The molecule has 0 unspecified atom stereocenters. The summed E-state index contributed by atoms with van der Waals surface area (Å²) in [4.78, 5) is 26.5. The number of para-hydroxylation sites is 1. The van der Waals surface area contributed by atoms with Gasteiger partial charge in [0.25, 0.3) is 5.91 Å². The molecular formula is C24H26BrN3O3. The summed E-state index contributed by atoms with van der Waals surface area (Å²) in [5.41, 5.74) is 2.73. The van der Waals surface area contributed by atoms with E-state index in [1.807, 2.05) is 30.3 Å². The van der Waals surface area contributed by atoms with Crippen molar-refractivity contribution in [3.05, 3.63) is 82.7 Å². The Morgan fingerprint density at radius 2 is 1.71 bits per heavy atom. The van der Waals surface area contributed by atoms with E-state index < -0.39 is 0 Å². The molecule has 0 aliphatic heterocycles. The monoisotopic (exact) mass is 483 g/mol. The van der Waals surface area contributed by atoms with Gasteiger partial charge >= 0.3 is 0 Å². The number of hydrogen-bond donors (Lipinski definition) is 2. The number of halogens is 1. The minimum absolute atomic E-state index is 0.00589. The van der Waals surface area contributed by atoms with Crippen molar-refractivity contribution in [2.24, 2.45) is 0 Å². The van der Waals surface area contributed by atoms with E-state index in [1.54, 1.807) is 24.3 Å². The molecule has 7 heteroatoms. The highest BCUT2D eigenvalue weighted by Gasteiger charge is 2.11. The number of furan rings is 1. The molecule has 162 valence electrons. The van der Waals surface area contributed by atoms with Crippen LogP contribution in [0.4, 0.5) is 11.4 Å². The summed E-state index contributed by atoms with van der Waals surface area (Å²) < 4.78 is 5.74. The number of unbranched alkanes of at least 4 members (excludes halogenated alkanes) is 1. The Hall–Kier alpha value is -3.06. The first kappa shape index (κ1) is 22.6. The quantitative estimate of drug-likeness (QED) is 0.403. The zero-order chi connectivity index (χ0) is 22.1. The highest BCUT2D eigenvalue weighted by molar-refractivity contribution is 9.10. The van der Waals surface area contributed by atoms with E-state index in [4.69, 9.17) is 4.42 Å². The first-order valence-corrected chi connectivity index (χ1v) is 11.0. The highest BCUT2D eigenvalue weighted by Crippen LogP contribution is 2.17. The number of hydrogen-bond acceptors (Lipinski definition) is 4. The second-order valence-corrected chi connectivity index (χ2v) is 8.03. The molecule has 31 heavy (non-hydrogen) atoms. The predicted octanol–water partition coefficient (Wildman–Crippen LogP) is 4.87. The number of anilines is 2. The lowest BCUT2D eigenvalue weighted by Gasteiger charge is -2.19. The molecular weight excluding hydrogens is 458 g/mol. The van der Waals surface area contributed by atoms with Crippen LogP contribution in [0, 0.1) is 0 Å². The zero-order valence-electron chi connectivity index (χ0n) is 17.4. The first-order chi connectivity index (χ1) is 15.0. The number of benzene rings is 2.